The molecule has 3 heteroatoms. The molecule has 2 atom stereocenters. The molecule has 2 nitrogen and oxygen atoms in total. The lowest BCUT2D eigenvalue weighted by Gasteiger charge is -2.19. The van der Waals surface area contributed by atoms with Crippen LogP contribution in [0.1, 0.15) is 18.4 Å². The molecule has 2 rings (SSSR count). The number of fused-ring (bicyclic) bond motifs is 1. The van der Waals surface area contributed by atoms with Crippen molar-refractivity contribution in [2.45, 2.75) is 18.9 Å². The van der Waals surface area contributed by atoms with E-state index in [0.29, 0.717) is 12.0 Å². The molecule has 1 heterocycles. The molecule has 0 saturated heterocycles. The zero-order chi connectivity index (χ0) is 11.0. The third kappa shape index (κ3) is 1.72. The molecule has 82 valence electrons. The van der Waals surface area contributed by atoms with Gasteiger partial charge in [0, 0.05) is 41.8 Å². The summed E-state index contributed by atoms with van der Waals surface area (Å²) < 4.78 is 0. The van der Waals surface area contributed by atoms with Gasteiger partial charge in [0.2, 0.25) is 0 Å². The summed E-state index contributed by atoms with van der Waals surface area (Å²) in [4.78, 5) is 2.28. The van der Waals surface area contributed by atoms with Crippen LogP contribution in [0.2, 0.25) is 5.02 Å². The van der Waals surface area contributed by atoms with E-state index in [1.54, 1.807) is 0 Å². The van der Waals surface area contributed by atoms with Crippen LogP contribution in [0.3, 0.4) is 0 Å². The molecule has 0 spiro atoms. The van der Waals surface area contributed by atoms with E-state index in [2.05, 4.69) is 30.3 Å². The molecule has 0 aromatic heterocycles. The number of hydrogen-bond donors (Lipinski definition) is 1. The standard InChI is InChI=1S/C12H17ClN2/c1-8(14-2)9-7-15(3)11-6-4-5-10(13)12(9)11/h4-6,8-9,14H,7H2,1-3H3. The normalized spacial score (nSPS) is 21.6. The van der Waals surface area contributed by atoms with Crippen molar-refractivity contribution in [3.8, 4) is 0 Å². The molecule has 0 fully saturated rings. The van der Waals surface area contributed by atoms with E-state index >= 15 is 0 Å². The smallest absolute Gasteiger partial charge is 0.0462 e. The Morgan fingerprint density at radius 2 is 2.27 bits per heavy atom. The number of benzene rings is 1. The van der Waals surface area contributed by atoms with Crippen LogP contribution in [0.15, 0.2) is 18.2 Å². The van der Waals surface area contributed by atoms with Crippen molar-refractivity contribution in [3.05, 3.63) is 28.8 Å². The summed E-state index contributed by atoms with van der Waals surface area (Å²) in [6, 6.07) is 6.59. The van der Waals surface area contributed by atoms with Gasteiger partial charge < -0.3 is 10.2 Å². The highest BCUT2D eigenvalue weighted by molar-refractivity contribution is 6.32. The highest BCUT2D eigenvalue weighted by Gasteiger charge is 2.31. The molecule has 1 N–H and O–H groups in total. The Bertz CT molecular complexity index is 365. The van der Waals surface area contributed by atoms with Crippen LogP contribution in [0.5, 0.6) is 0 Å². The summed E-state index contributed by atoms with van der Waals surface area (Å²) >= 11 is 6.28. The van der Waals surface area contributed by atoms with Crippen LogP contribution < -0.4 is 10.2 Å². The van der Waals surface area contributed by atoms with Gasteiger partial charge >= 0.3 is 0 Å². The minimum absolute atomic E-state index is 0.452. The number of halogens is 1. The van der Waals surface area contributed by atoms with Crippen LogP contribution in [-0.4, -0.2) is 26.7 Å². The van der Waals surface area contributed by atoms with Crippen LogP contribution >= 0.6 is 11.6 Å². The maximum atomic E-state index is 6.28. The molecule has 0 radical (unpaired) electrons. The summed E-state index contributed by atoms with van der Waals surface area (Å²) in [6.07, 6.45) is 0. The molecule has 1 aromatic rings. The molecule has 1 aromatic carbocycles. The van der Waals surface area contributed by atoms with E-state index in [1.807, 2.05) is 19.2 Å². The first-order valence-corrected chi connectivity index (χ1v) is 5.69. The largest absolute Gasteiger partial charge is 0.374 e. The van der Waals surface area contributed by atoms with E-state index in [0.717, 1.165) is 11.6 Å². The molecule has 2 unspecified atom stereocenters. The van der Waals surface area contributed by atoms with Crippen molar-refractivity contribution < 1.29 is 0 Å². The average molecular weight is 225 g/mol. The fourth-order valence-electron chi connectivity index (χ4n) is 2.32. The van der Waals surface area contributed by atoms with Gasteiger partial charge in [-0.2, -0.15) is 0 Å². The van der Waals surface area contributed by atoms with Gasteiger partial charge in [-0.15, -0.1) is 0 Å². The van der Waals surface area contributed by atoms with Gasteiger partial charge in [-0.25, -0.2) is 0 Å². The number of likely N-dealkylation sites (N-methyl/N-ethyl adjacent to an activating group) is 2. The van der Waals surface area contributed by atoms with E-state index in [9.17, 15) is 0 Å². The Morgan fingerprint density at radius 1 is 1.53 bits per heavy atom. The summed E-state index contributed by atoms with van der Waals surface area (Å²) in [5, 5.41) is 4.20. The first-order valence-electron chi connectivity index (χ1n) is 5.32. The van der Waals surface area contributed by atoms with Crippen molar-refractivity contribution in [1.29, 1.82) is 0 Å². The Balaban J connectivity index is 2.44. The van der Waals surface area contributed by atoms with Gasteiger partial charge in [0.1, 0.15) is 0 Å². The zero-order valence-electron chi connectivity index (χ0n) is 9.42. The Morgan fingerprint density at radius 3 is 2.93 bits per heavy atom. The summed E-state index contributed by atoms with van der Waals surface area (Å²) in [6.45, 7) is 3.25. The molecule has 15 heavy (non-hydrogen) atoms. The molecular weight excluding hydrogens is 208 g/mol. The summed E-state index contributed by atoms with van der Waals surface area (Å²) in [7, 11) is 4.12. The van der Waals surface area contributed by atoms with Crippen molar-refractivity contribution in [1.82, 2.24) is 5.32 Å². The van der Waals surface area contributed by atoms with Gasteiger partial charge in [0.15, 0.2) is 0 Å². The monoisotopic (exact) mass is 224 g/mol. The molecular formula is C12H17ClN2. The van der Waals surface area contributed by atoms with Crippen molar-refractivity contribution in [2.24, 2.45) is 0 Å². The Labute approximate surface area is 96.2 Å². The third-order valence-electron chi connectivity index (χ3n) is 3.34. The maximum absolute atomic E-state index is 6.28. The predicted octanol–water partition coefficient (Wildman–Crippen LogP) is 2.48. The fraction of sp³-hybridized carbons (Fsp3) is 0.500. The lowest BCUT2D eigenvalue weighted by atomic mass is 9.94. The average Bonchev–Trinajstić information content (AvgIpc) is 2.57. The van der Waals surface area contributed by atoms with E-state index in [4.69, 9.17) is 11.6 Å². The van der Waals surface area contributed by atoms with Crippen LogP contribution in [0.25, 0.3) is 0 Å². The number of hydrogen-bond acceptors (Lipinski definition) is 2. The second-order valence-electron chi connectivity index (χ2n) is 4.24. The van der Waals surface area contributed by atoms with Crippen molar-refractivity contribution in [2.75, 3.05) is 25.5 Å². The Hall–Kier alpha value is -0.730. The van der Waals surface area contributed by atoms with Gasteiger partial charge in [-0.3, -0.25) is 0 Å². The number of nitrogens with zero attached hydrogens (tertiary/aromatic N) is 1. The van der Waals surface area contributed by atoms with Crippen LogP contribution in [0.4, 0.5) is 5.69 Å². The second-order valence-corrected chi connectivity index (χ2v) is 4.64. The number of anilines is 1. The topological polar surface area (TPSA) is 15.3 Å². The Kier molecular flexibility index (Phi) is 2.89. The third-order valence-corrected chi connectivity index (χ3v) is 3.67. The first-order chi connectivity index (χ1) is 7.15. The van der Waals surface area contributed by atoms with E-state index in [-0.39, 0.29) is 0 Å². The minimum Gasteiger partial charge on any atom is -0.374 e. The molecule has 0 amide bonds. The van der Waals surface area contributed by atoms with Gasteiger partial charge in [-0.1, -0.05) is 17.7 Å². The molecule has 0 saturated carbocycles. The van der Waals surface area contributed by atoms with Gasteiger partial charge in [0.05, 0.1) is 0 Å². The van der Waals surface area contributed by atoms with Gasteiger partial charge in [-0.05, 0) is 26.1 Å². The zero-order valence-corrected chi connectivity index (χ0v) is 10.2. The molecule has 1 aliphatic heterocycles. The minimum atomic E-state index is 0.452. The highest BCUT2D eigenvalue weighted by Crippen LogP contribution is 2.41. The number of nitrogens with one attached hydrogen (secondary N) is 1. The molecule has 1 aliphatic rings. The maximum Gasteiger partial charge on any atom is 0.0462 e. The van der Waals surface area contributed by atoms with Crippen molar-refractivity contribution in [3.63, 3.8) is 0 Å². The van der Waals surface area contributed by atoms with Crippen LogP contribution in [0, 0.1) is 0 Å². The van der Waals surface area contributed by atoms with Crippen LogP contribution in [-0.2, 0) is 0 Å². The number of rotatable bonds is 2. The summed E-state index contributed by atoms with van der Waals surface area (Å²) in [5.41, 5.74) is 2.57. The lowest BCUT2D eigenvalue weighted by Crippen LogP contribution is -2.31. The summed E-state index contributed by atoms with van der Waals surface area (Å²) in [5.74, 6) is 0.490. The molecule has 0 aliphatic carbocycles. The highest BCUT2D eigenvalue weighted by atomic mass is 35.5. The SMILES string of the molecule is CNC(C)C1CN(C)c2cccc(Cl)c21. The predicted molar refractivity (Wildman–Crippen MR) is 66.0 cm³/mol. The second kappa shape index (κ2) is 4.03. The quantitative estimate of drug-likeness (QED) is 0.831. The van der Waals surface area contributed by atoms with Gasteiger partial charge in [0.25, 0.3) is 0 Å². The van der Waals surface area contributed by atoms with E-state index < -0.39 is 0 Å². The fourth-order valence-corrected chi connectivity index (χ4v) is 2.63. The van der Waals surface area contributed by atoms with Crippen molar-refractivity contribution >= 4 is 17.3 Å². The molecule has 0 bridgehead atoms. The first kappa shape index (κ1) is 10.8. The van der Waals surface area contributed by atoms with E-state index in [1.165, 1.54) is 11.3 Å². The lowest BCUT2D eigenvalue weighted by molar-refractivity contribution is 0.513.